The van der Waals surface area contributed by atoms with E-state index in [1.54, 1.807) is 36.4 Å². The lowest BCUT2D eigenvalue weighted by atomic mass is 10.2. The summed E-state index contributed by atoms with van der Waals surface area (Å²) in [7, 11) is 4.60. The van der Waals surface area contributed by atoms with Gasteiger partial charge in [-0.3, -0.25) is 4.79 Å². The van der Waals surface area contributed by atoms with E-state index in [1.165, 1.54) is 27.5 Å². The molecule has 0 saturated heterocycles. The van der Waals surface area contributed by atoms with Gasteiger partial charge in [-0.1, -0.05) is 18.2 Å². The lowest BCUT2D eigenvalue weighted by Gasteiger charge is -2.12. The van der Waals surface area contributed by atoms with Crippen LogP contribution in [0.5, 0.6) is 28.7 Å². The van der Waals surface area contributed by atoms with Gasteiger partial charge in [0.15, 0.2) is 11.5 Å². The van der Waals surface area contributed by atoms with Gasteiger partial charge in [0.05, 0.1) is 27.5 Å². The third-order valence-corrected chi connectivity index (χ3v) is 4.16. The molecule has 1 amide bonds. The van der Waals surface area contributed by atoms with Gasteiger partial charge in [-0.2, -0.15) is 5.10 Å². The molecule has 3 aromatic rings. The molecular weight excluding hydrogens is 384 g/mol. The second-order valence-corrected chi connectivity index (χ2v) is 6.10. The molecule has 0 fully saturated rings. The number of benzene rings is 3. The Morgan fingerprint density at radius 1 is 0.833 bits per heavy atom. The molecule has 0 unspecified atom stereocenters. The lowest BCUT2D eigenvalue weighted by molar-refractivity contribution is 0.0955. The molecule has 0 heterocycles. The summed E-state index contributed by atoms with van der Waals surface area (Å²) in [5.41, 5.74) is 3.63. The van der Waals surface area contributed by atoms with Crippen LogP contribution >= 0.6 is 0 Å². The second-order valence-electron chi connectivity index (χ2n) is 6.10. The summed E-state index contributed by atoms with van der Waals surface area (Å²) in [6, 6.07) is 19.7. The molecule has 0 spiro atoms. The molecule has 3 rings (SSSR count). The highest BCUT2D eigenvalue weighted by Crippen LogP contribution is 2.37. The van der Waals surface area contributed by atoms with E-state index in [2.05, 4.69) is 10.5 Å². The van der Waals surface area contributed by atoms with E-state index in [1.807, 2.05) is 30.3 Å². The molecule has 0 aliphatic heterocycles. The molecular formula is C23H22N2O5. The first kappa shape index (κ1) is 20.7. The first-order valence-corrected chi connectivity index (χ1v) is 9.11. The quantitative estimate of drug-likeness (QED) is 0.447. The Hall–Kier alpha value is -4.00. The summed E-state index contributed by atoms with van der Waals surface area (Å²) < 4.78 is 21.6. The van der Waals surface area contributed by atoms with Crippen LogP contribution in [0.4, 0.5) is 0 Å². The first-order valence-electron chi connectivity index (χ1n) is 9.11. The van der Waals surface area contributed by atoms with Crippen molar-refractivity contribution in [1.82, 2.24) is 5.43 Å². The summed E-state index contributed by atoms with van der Waals surface area (Å²) in [5, 5.41) is 4.01. The minimum atomic E-state index is -0.343. The molecule has 3 aromatic carbocycles. The topological polar surface area (TPSA) is 78.4 Å². The molecule has 0 aromatic heterocycles. The molecule has 0 saturated carbocycles. The zero-order valence-corrected chi connectivity index (χ0v) is 16.9. The van der Waals surface area contributed by atoms with Crippen molar-refractivity contribution < 1.29 is 23.7 Å². The number of carbonyl (C=O) groups is 1. The number of nitrogens with one attached hydrogen (secondary N) is 1. The van der Waals surface area contributed by atoms with E-state index in [4.69, 9.17) is 18.9 Å². The second kappa shape index (κ2) is 9.97. The molecule has 7 nitrogen and oxygen atoms in total. The SMILES string of the molecule is COc1cc(/C=N/NC(=O)c2ccc(Oc3ccccc3)cc2)cc(OC)c1OC. The van der Waals surface area contributed by atoms with E-state index in [0.29, 0.717) is 34.1 Å². The average Bonchev–Trinajstić information content (AvgIpc) is 2.79. The Morgan fingerprint density at radius 3 is 2.00 bits per heavy atom. The molecule has 7 heteroatoms. The van der Waals surface area contributed by atoms with Crippen LogP contribution < -0.4 is 24.4 Å². The van der Waals surface area contributed by atoms with Crippen molar-refractivity contribution in [2.75, 3.05) is 21.3 Å². The van der Waals surface area contributed by atoms with Crippen molar-refractivity contribution in [3.05, 3.63) is 77.9 Å². The van der Waals surface area contributed by atoms with Gasteiger partial charge in [0.1, 0.15) is 11.5 Å². The minimum Gasteiger partial charge on any atom is -0.493 e. The van der Waals surface area contributed by atoms with Crippen LogP contribution in [0, 0.1) is 0 Å². The Bertz CT molecular complexity index is 993. The summed E-state index contributed by atoms with van der Waals surface area (Å²) in [6.45, 7) is 0. The zero-order valence-electron chi connectivity index (χ0n) is 16.9. The Morgan fingerprint density at radius 2 is 1.43 bits per heavy atom. The first-order chi connectivity index (χ1) is 14.6. The van der Waals surface area contributed by atoms with Crippen LogP contribution in [0.1, 0.15) is 15.9 Å². The number of methoxy groups -OCH3 is 3. The highest BCUT2D eigenvalue weighted by molar-refractivity contribution is 5.95. The molecule has 154 valence electrons. The van der Waals surface area contributed by atoms with Crippen molar-refractivity contribution >= 4 is 12.1 Å². The number of hydrogen-bond donors (Lipinski definition) is 1. The van der Waals surface area contributed by atoms with E-state index >= 15 is 0 Å². The zero-order chi connectivity index (χ0) is 21.3. The van der Waals surface area contributed by atoms with Crippen molar-refractivity contribution in [1.29, 1.82) is 0 Å². The van der Waals surface area contributed by atoms with Gasteiger partial charge >= 0.3 is 0 Å². The van der Waals surface area contributed by atoms with Crippen LogP contribution in [-0.2, 0) is 0 Å². The van der Waals surface area contributed by atoms with E-state index < -0.39 is 0 Å². The fourth-order valence-corrected chi connectivity index (χ4v) is 2.70. The summed E-state index contributed by atoms with van der Waals surface area (Å²) >= 11 is 0. The van der Waals surface area contributed by atoms with Gasteiger partial charge in [0.2, 0.25) is 5.75 Å². The Kier molecular flexibility index (Phi) is 6.89. The number of hydrazone groups is 1. The predicted octanol–water partition coefficient (Wildman–Crippen LogP) is 4.27. The van der Waals surface area contributed by atoms with Gasteiger partial charge in [-0.25, -0.2) is 5.43 Å². The summed E-state index contributed by atoms with van der Waals surface area (Å²) in [5.74, 6) is 2.50. The largest absolute Gasteiger partial charge is 0.493 e. The summed E-state index contributed by atoms with van der Waals surface area (Å²) in [6.07, 6.45) is 1.50. The molecule has 0 atom stereocenters. The summed E-state index contributed by atoms with van der Waals surface area (Å²) in [4.78, 5) is 12.3. The smallest absolute Gasteiger partial charge is 0.271 e. The number of nitrogens with zero attached hydrogens (tertiary/aromatic N) is 1. The van der Waals surface area contributed by atoms with Crippen LogP contribution in [0.25, 0.3) is 0 Å². The Balaban J connectivity index is 1.64. The molecule has 0 bridgehead atoms. The Labute approximate surface area is 174 Å². The minimum absolute atomic E-state index is 0.343. The van der Waals surface area contributed by atoms with Gasteiger partial charge in [-0.15, -0.1) is 0 Å². The van der Waals surface area contributed by atoms with Crippen LogP contribution in [-0.4, -0.2) is 33.5 Å². The van der Waals surface area contributed by atoms with Crippen molar-refractivity contribution in [3.63, 3.8) is 0 Å². The molecule has 0 aliphatic rings. The maximum Gasteiger partial charge on any atom is 0.271 e. The van der Waals surface area contributed by atoms with Gasteiger partial charge in [0.25, 0.3) is 5.91 Å². The van der Waals surface area contributed by atoms with Crippen LogP contribution in [0.3, 0.4) is 0 Å². The predicted molar refractivity (Wildman–Crippen MR) is 114 cm³/mol. The van der Waals surface area contributed by atoms with Crippen molar-refractivity contribution in [3.8, 4) is 28.7 Å². The van der Waals surface area contributed by atoms with E-state index in [-0.39, 0.29) is 5.91 Å². The lowest BCUT2D eigenvalue weighted by Crippen LogP contribution is -2.17. The maximum atomic E-state index is 12.3. The fraction of sp³-hybridized carbons (Fsp3) is 0.130. The van der Waals surface area contributed by atoms with Gasteiger partial charge < -0.3 is 18.9 Å². The van der Waals surface area contributed by atoms with Crippen molar-refractivity contribution in [2.24, 2.45) is 5.10 Å². The molecule has 0 radical (unpaired) electrons. The highest BCUT2D eigenvalue weighted by atomic mass is 16.5. The molecule has 1 N–H and O–H groups in total. The number of rotatable bonds is 8. The molecule has 30 heavy (non-hydrogen) atoms. The van der Waals surface area contributed by atoms with Gasteiger partial charge in [0, 0.05) is 11.1 Å². The number of ether oxygens (including phenoxy) is 4. The number of carbonyl (C=O) groups excluding carboxylic acids is 1. The third-order valence-electron chi connectivity index (χ3n) is 4.16. The van der Waals surface area contributed by atoms with E-state index in [9.17, 15) is 4.79 Å². The standard InChI is InChI=1S/C23H22N2O5/c1-27-20-13-16(14-21(28-2)22(20)29-3)15-24-25-23(26)17-9-11-19(12-10-17)30-18-7-5-4-6-8-18/h4-15H,1-3H3,(H,25,26)/b24-15+. The third kappa shape index (κ3) is 5.08. The fourth-order valence-electron chi connectivity index (χ4n) is 2.70. The monoisotopic (exact) mass is 406 g/mol. The maximum absolute atomic E-state index is 12.3. The van der Waals surface area contributed by atoms with Crippen LogP contribution in [0.15, 0.2) is 71.8 Å². The van der Waals surface area contributed by atoms with Gasteiger partial charge in [-0.05, 0) is 48.5 Å². The average molecular weight is 406 g/mol. The normalized spacial score (nSPS) is 10.5. The highest BCUT2D eigenvalue weighted by Gasteiger charge is 2.12. The number of para-hydroxylation sites is 1. The molecule has 0 aliphatic carbocycles. The van der Waals surface area contributed by atoms with E-state index in [0.717, 1.165) is 5.75 Å². The van der Waals surface area contributed by atoms with Crippen molar-refractivity contribution in [2.45, 2.75) is 0 Å². The number of hydrogen-bond acceptors (Lipinski definition) is 6. The number of amides is 1. The van der Waals surface area contributed by atoms with Crippen LogP contribution in [0.2, 0.25) is 0 Å².